The summed E-state index contributed by atoms with van der Waals surface area (Å²) in [5.41, 5.74) is 0.818. The van der Waals surface area contributed by atoms with E-state index in [2.05, 4.69) is 4.74 Å². The van der Waals surface area contributed by atoms with Crippen molar-refractivity contribution in [2.24, 2.45) is 0 Å². The third kappa shape index (κ3) is 3.22. The second-order valence-corrected chi connectivity index (χ2v) is 5.23. The number of aromatic nitrogens is 1. The Morgan fingerprint density at radius 3 is 2.61 bits per heavy atom. The Kier molecular flexibility index (Phi) is 4.49. The third-order valence-electron chi connectivity index (χ3n) is 3.79. The average molecular weight is 332 g/mol. The number of carbonyl (C=O) groups excluding carboxylic acids is 3. The quantitative estimate of drug-likeness (QED) is 0.668. The predicted molar refractivity (Wildman–Crippen MR) is 71.8 cm³/mol. The molecule has 2 rings (SSSR count). The second-order valence-electron chi connectivity index (χ2n) is 5.23. The lowest BCUT2D eigenvalue weighted by Crippen LogP contribution is -2.47. The summed E-state index contributed by atoms with van der Waals surface area (Å²) in [5, 5.41) is 1.65. The zero-order valence-corrected chi connectivity index (χ0v) is 12.4. The van der Waals surface area contributed by atoms with E-state index in [-0.39, 0.29) is 12.0 Å². The lowest BCUT2D eigenvalue weighted by atomic mass is 10.1. The fourth-order valence-electron chi connectivity index (χ4n) is 2.50. The molecule has 126 valence electrons. The van der Waals surface area contributed by atoms with Crippen LogP contribution in [0.5, 0.6) is 0 Å². The van der Waals surface area contributed by atoms with Gasteiger partial charge in [0.2, 0.25) is 5.78 Å². The smallest absolute Gasteiger partial charge is 0.408 e. The number of amides is 1. The van der Waals surface area contributed by atoms with Gasteiger partial charge in [-0.15, -0.1) is 0 Å². The zero-order chi connectivity index (χ0) is 17.4. The number of nitrogens with one attached hydrogen (secondary N) is 1. The minimum atomic E-state index is -4.62. The number of hydrogen-bond acceptors (Lipinski definition) is 4. The summed E-state index contributed by atoms with van der Waals surface area (Å²) in [5.74, 6) is -2.82. The number of ether oxygens (including phenoxy) is 1. The first kappa shape index (κ1) is 17.0. The summed E-state index contributed by atoms with van der Waals surface area (Å²) < 4.78 is 43.4. The van der Waals surface area contributed by atoms with E-state index in [9.17, 15) is 27.6 Å². The van der Waals surface area contributed by atoms with Gasteiger partial charge in [0, 0.05) is 11.9 Å². The largest absolute Gasteiger partial charge is 0.465 e. The van der Waals surface area contributed by atoms with Gasteiger partial charge >= 0.3 is 12.1 Å². The lowest BCUT2D eigenvalue weighted by Gasteiger charge is -2.18. The highest BCUT2D eigenvalue weighted by Gasteiger charge is 2.40. The van der Waals surface area contributed by atoms with E-state index in [1.165, 1.54) is 23.9 Å². The minimum absolute atomic E-state index is 0.243. The van der Waals surface area contributed by atoms with Crippen molar-refractivity contribution < 1.29 is 32.3 Å². The molecule has 1 N–H and O–H groups in total. The highest BCUT2D eigenvalue weighted by molar-refractivity contribution is 6.37. The van der Waals surface area contributed by atoms with Gasteiger partial charge in [0.15, 0.2) is 0 Å². The van der Waals surface area contributed by atoms with Gasteiger partial charge < -0.3 is 14.6 Å². The van der Waals surface area contributed by atoms with Crippen molar-refractivity contribution in [3.8, 4) is 0 Å². The van der Waals surface area contributed by atoms with Crippen molar-refractivity contribution in [2.45, 2.75) is 38.0 Å². The molecule has 0 aliphatic carbocycles. The molecule has 0 bridgehead atoms. The van der Waals surface area contributed by atoms with E-state index in [4.69, 9.17) is 0 Å². The van der Waals surface area contributed by atoms with Gasteiger partial charge in [0.05, 0.1) is 12.7 Å². The maximum absolute atomic E-state index is 12.4. The van der Waals surface area contributed by atoms with Gasteiger partial charge in [0.25, 0.3) is 5.91 Å². The Labute approximate surface area is 129 Å². The van der Waals surface area contributed by atoms with Crippen LogP contribution in [0.1, 0.15) is 35.4 Å². The summed E-state index contributed by atoms with van der Waals surface area (Å²) in [6.45, 7) is 0.760. The zero-order valence-electron chi connectivity index (χ0n) is 12.4. The molecule has 0 radical (unpaired) electrons. The number of methoxy groups -OCH3 is 1. The van der Waals surface area contributed by atoms with Crippen LogP contribution in [0, 0.1) is 0 Å². The number of fused-ring (bicyclic) bond motifs is 1. The standard InChI is InChI=1S/C14H15F3N2O4/c1-7(14(15,16)17)18-12(21)11(20)10-4-3-9-8(13(22)23-2)5-6-19(9)10/h5-7,10H,3-4H2,1-2H3,(H,18,21)/t7?,10-/m0/s1. The highest BCUT2D eigenvalue weighted by atomic mass is 19.4. The fraction of sp³-hybridized carbons (Fsp3) is 0.500. The molecule has 0 saturated carbocycles. The number of nitrogens with zero attached hydrogens (tertiary/aromatic N) is 1. The summed E-state index contributed by atoms with van der Waals surface area (Å²) in [7, 11) is 1.22. The van der Waals surface area contributed by atoms with Crippen LogP contribution in [0.25, 0.3) is 0 Å². The maximum atomic E-state index is 12.4. The van der Waals surface area contributed by atoms with Crippen LogP contribution in [-0.2, 0) is 20.7 Å². The summed E-state index contributed by atoms with van der Waals surface area (Å²) in [6, 6.07) is -1.57. The SMILES string of the molecule is COC(=O)c1ccn2c1CC[C@H]2C(=O)C(=O)NC(C)C(F)(F)F. The number of alkyl halides is 3. The topological polar surface area (TPSA) is 77.4 Å². The number of ketones is 1. The van der Waals surface area contributed by atoms with E-state index >= 15 is 0 Å². The summed E-state index contributed by atoms with van der Waals surface area (Å²) >= 11 is 0. The predicted octanol–water partition coefficient (Wildman–Crippen LogP) is 1.40. The number of halogens is 3. The summed E-state index contributed by atoms with van der Waals surface area (Å²) in [6.07, 6.45) is -2.57. The first-order valence-corrected chi connectivity index (χ1v) is 6.86. The first-order valence-electron chi connectivity index (χ1n) is 6.86. The van der Waals surface area contributed by atoms with Gasteiger partial charge in [-0.3, -0.25) is 9.59 Å². The van der Waals surface area contributed by atoms with Crippen molar-refractivity contribution in [3.05, 3.63) is 23.5 Å². The molecule has 9 heteroatoms. The van der Waals surface area contributed by atoms with Crippen LogP contribution >= 0.6 is 0 Å². The number of rotatable bonds is 4. The molecule has 0 saturated heterocycles. The van der Waals surface area contributed by atoms with Gasteiger partial charge in [-0.1, -0.05) is 0 Å². The van der Waals surface area contributed by atoms with Crippen LogP contribution in [0.3, 0.4) is 0 Å². The first-order chi connectivity index (χ1) is 10.7. The van der Waals surface area contributed by atoms with Gasteiger partial charge in [-0.2, -0.15) is 13.2 Å². The molecule has 1 aliphatic heterocycles. The molecular weight excluding hydrogens is 317 g/mol. The van der Waals surface area contributed by atoms with Crippen LogP contribution in [0.15, 0.2) is 12.3 Å². The molecule has 1 aromatic rings. The average Bonchev–Trinajstić information content (AvgIpc) is 3.05. The molecule has 6 nitrogen and oxygen atoms in total. The molecule has 23 heavy (non-hydrogen) atoms. The number of Topliss-reactive ketones (excluding diaryl/α,β-unsaturated/α-hetero) is 1. The molecule has 0 spiro atoms. The molecule has 2 heterocycles. The molecule has 0 aromatic carbocycles. The Balaban J connectivity index is 2.14. The van der Waals surface area contributed by atoms with E-state index < -0.39 is 35.9 Å². The third-order valence-corrected chi connectivity index (χ3v) is 3.79. The minimum Gasteiger partial charge on any atom is -0.465 e. The molecule has 1 aromatic heterocycles. The van der Waals surface area contributed by atoms with E-state index in [0.717, 1.165) is 6.92 Å². The normalized spacial score (nSPS) is 18.2. The monoisotopic (exact) mass is 332 g/mol. The van der Waals surface area contributed by atoms with Crippen molar-refractivity contribution in [3.63, 3.8) is 0 Å². The lowest BCUT2D eigenvalue weighted by molar-refractivity contribution is -0.160. The Bertz CT molecular complexity index is 651. The molecule has 2 atom stereocenters. The Morgan fingerprint density at radius 1 is 1.39 bits per heavy atom. The van der Waals surface area contributed by atoms with Crippen LogP contribution in [0.2, 0.25) is 0 Å². The number of esters is 1. The van der Waals surface area contributed by atoms with Gasteiger partial charge in [-0.25, -0.2) is 4.79 Å². The molecule has 1 aliphatic rings. The molecule has 0 fully saturated rings. The van der Waals surface area contributed by atoms with Crippen LogP contribution in [0.4, 0.5) is 13.2 Å². The van der Waals surface area contributed by atoms with Gasteiger partial charge in [0.1, 0.15) is 12.1 Å². The summed E-state index contributed by atoms with van der Waals surface area (Å²) in [4.78, 5) is 35.4. The van der Waals surface area contributed by atoms with Crippen molar-refractivity contribution >= 4 is 17.7 Å². The Morgan fingerprint density at radius 2 is 2.04 bits per heavy atom. The van der Waals surface area contributed by atoms with Crippen LogP contribution < -0.4 is 5.32 Å². The van der Waals surface area contributed by atoms with E-state index in [1.807, 2.05) is 0 Å². The van der Waals surface area contributed by atoms with Crippen molar-refractivity contribution in [2.75, 3.05) is 7.11 Å². The van der Waals surface area contributed by atoms with Gasteiger partial charge in [-0.05, 0) is 25.8 Å². The molecule has 1 unspecified atom stereocenters. The van der Waals surface area contributed by atoms with E-state index in [0.29, 0.717) is 12.1 Å². The van der Waals surface area contributed by atoms with Crippen molar-refractivity contribution in [1.29, 1.82) is 0 Å². The fourth-order valence-corrected chi connectivity index (χ4v) is 2.50. The molecule has 1 amide bonds. The van der Waals surface area contributed by atoms with E-state index in [1.54, 1.807) is 5.32 Å². The molecular formula is C14H15F3N2O4. The second kappa shape index (κ2) is 6.05. The van der Waals surface area contributed by atoms with Crippen LogP contribution in [-0.4, -0.2) is 41.6 Å². The number of carbonyl (C=O) groups is 3. The number of hydrogen-bond donors (Lipinski definition) is 1. The highest BCUT2D eigenvalue weighted by Crippen LogP contribution is 2.30. The van der Waals surface area contributed by atoms with Crippen molar-refractivity contribution in [1.82, 2.24) is 9.88 Å². The Hall–Kier alpha value is -2.32. The maximum Gasteiger partial charge on any atom is 0.408 e.